The molecule has 4 heteroatoms. The third-order valence-electron chi connectivity index (χ3n) is 1.83. The molecule has 14 heavy (non-hydrogen) atoms. The number of aryl methyl sites for hydroxylation is 1. The van der Waals surface area contributed by atoms with Crippen LogP contribution >= 0.6 is 27.7 Å². The monoisotopic (exact) mass is 273 g/mol. The van der Waals surface area contributed by atoms with Gasteiger partial charge in [-0.25, -0.2) is 0 Å². The number of benzene rings is 1. The average molecular weight is 274 g/mol. The van der Waals surface area contributed by atoms with Crippen LogP contribution in [0.5, 0.6) is 0 Å². The fourth-order valence-electron chi connectivity index (χ4n) is 1.08. The molecule has 0 aliphatic heterocycles. The zero-order valence-corrected chi connectivity index (χ0v) is 10.5. The molecule has 0 aliphatic carbocycles. The lowest BCUT2D eigenvalue weighted by Gasteiger charge is -2.06. The van der Waals surface area contributed by atoms with Crippen LogP contribution in [-0.2, 0) is 0 Å². The number of halogens is 1. The van der Waals surface area contributed by atoms with E-state index in [9.17, 15) is 4.79 Å². The first-order chi connectivity index (χ1) is 6.56. The quantitative estimate of drug-likeness (QED) is 0.842. The lowest BCUT2D eigenvalue weighted by Crippen LogP contribution is -2.01. The molecule has 0 aromatic heterocycles. The third-order valence-corrected chi connectivity index (χ3v) is 3.45. The number of carbonyl (C=O) groups excluding carboxylic acids is 1. The highest BCUT2D eigenvalue weighted by Gasteiger charge is 2.11. The molecule has 0 fully saturated rings. The number of hydrogen-bond donors (Lipinski definition) is 1. The standard InChI is InChI=1S/C10H12BrNOS/c1-3-14-10(13)7-4-6(2)8(11)5-9(7)12/h4-5H,3,12H2,1-2H3. The van der Waals surface area contributed by atoms with Crippen LogP contribution in [0.1, 0.15) is 22.8 Å². The number of rotatable bonds is 2. The minimum atomic E-state index is 0.0422. The van der Waals surface area contributed by atoms with Gasteiger partial charge in [0.15, 0.2) is 0 Å². The Morgan fingerprint density at radius 3 is 2.79 bits per heavy atom. The Morgan fingerprint density at radius 1 is 1.57 bits per heavy atom. The van der Waals surface area contributed by atoms with Gasteiger partial charge in [-0.2, -0.15) is 0 Å². The van der Waals surface area contributed by atoms with Crippen LogP contribution in [0.15, 0.2) is 16.6 Å². The summed E-state index contributed by atoms with van der Waals surface area (Å²) in [7, 11) is 0. The van der Waals surface area contributed by atoms with Gasteiger partial charge in [0.25, 0.3) is 0 Å². The smallest absolute Gasteiger partial charge is 0.221 e. The van der Waals surface area contributed by atoms with Gasteiger partial charge in [0.2, 0.25) is 5.12 Å². The SMILES string of the molecule is CCSC(=O)c1cc(C)c(Br)cc1N. The van der Waals surface area contributed by atoms with Gasteiger partial charge in [-0.05, 0) is 30.4 Å². The Morgan fingerprint density at radius 2 is 2.21 bits per heavy atom. The van der Waals surface area contributed by atoms with Gasteiger partial charge in [-0.3, -0.25) is 4.79 Å². The molecule has 0 atom stereocenters. The molecule has 1 rings (SSSR count). The van der Waals surface area contributed by atoms with Crippen LogP contribution in [0.3, 0.4) is 0 Å². The second kappa shape index (κ2) is 4.84. The molecule has 0 heterocycles. The van der Waals surface area contributed by atoms with Gasteiger partial charge in [-0.1, -0.05) is 34.6 Å². The van der Waals surface area contributed by atoms with Crippen molar-refractivity contribution in [2.45, 2.75) is 13.8 Å². The largest absolute Gasteiger partial charge is 0.398 e. The maximum atomic E-state index is 11.6. The van der Waals surface area contributed by atoms with Gasteiger partial charge < -0.3 is 5.73 Å². The average Bonchev–Trinajstić information content (AvgIpc) is 2.11. The van der Waals surface area contributed by atoms with Crippen LogP contribution in [0.2, 0.25) is 0 Å². The predicted molar refractivity (Wildman–Crippen MR) is 65.8 cm³/mol. The number of nitrogen functional groups attached to an aromatic ring is 1. The first-order valence-electron chi connectivity index (χ1n) is 4.29. The second-order valence-corrected chi connectivity index (χ2v) is 5.00. The lowest BCUT2D eigenvalue weighted by atomic mass is 10.1. The van der Waals surface area contributed by atoms with E-state index < -0.39 is 0 Å². The van der Waals surface area contributed by atoms with Crippen molar-refractivity contribution in [1.82, 2.24) is 0 Å². The summed E-state index contributed by atoms with van der Waals surface area (Å²) in [5.74, 6) is 0.771. The van der Waals surface area contributed by atoms with E-state index in [-0.39, 0.29) is 5.12 Å². The Balaban J connectivity index is 3.09. The second-order valence-electron chi connectivity index (χ2n) is 2.91. The summed E-state index contributed by atoms with van der Waals surface area (Å²) in [5, 5.41) is 0.0422. The van der Waals surface area contributed by atoms with E-state index in [0.717, 1.165) is 15.8 Å². The highest BCUT2D eigenvalue weighted by Crippen LogP contribution is 2.26. The Kier molecular flexibility index (Phi) is 4.01. The van der Waals surface area contributed by atoms with Gasteiger partial charge in [0, 0.05) is 10.2 Å². The maximum Gasteiger partial charge on any atom is 0.221 e. The van der Waals surface area contributed by atoms with E-state index in [1.165, 1.54) is 11.8 Å². The summed E-state index contributed by atoms with van der Waals surface area (Å²) >= 11 is 4.65. The molecule has 0 saturated heterocycles. The van der Waals surface area contributed by atoms with Crippen molar-refractivity contribution in [3.63, 3.8) is 0 Å². The fourth-order valence-corrected chi connectivity index (χ4v) is 2.04. The highest BCUT2D eigenvalue weighted by molar-refractivity contribution is 9.10. The maximum absolute atomic E-state index is 11.6. The van der Waals surface area contributed by atoms with E-state index >= 15 is 0 Å². The van der Waals surface area contributed by atoms with E-state index in [2.05, 4.69) is 15.9 Å². The topological polar surface area (TPSA) is 43.1 Å². The zero-order chi connectivity index (χ0) is 10.7. The van der Waals surface area contributed by atoms with Crippen molar-refractivity contribution in [3.05, 3.63) is 27.7 Å². The van der Waals surface area contributed by atoms with Crippen LogP contribution in [0, 0.1) is 6.92 Å². The van der Waals surface area contributed by atoms with Crippen molar-refractivity contribution < 1.29 is 4.79 Å². The summed E-state index contributed by atoms with van der Waals surface area (Å²) in [6.07, 6.45) is 0. The molecular formula is C10H12BrNOS. The Hall–Kier alpha value is -0.480. The molecule has 1 aromatic rings. The molecule has 2 nitrogen and oxygen atoms in total. The molecule has 0 amide bonds. The van der Waals surface area contributed by atoms with Crippen molar-refractivity contribution >= 4 is 38.5 Å². The molecule has 0 radical (unpaired) electrons. The summed E-state index contributed by atoms with van der Waals surface area (Å²) < 4.78 is 0.938. The number of anilines is 1. The highest BCUT2D eigenvalue weighted by atomic mass is 79.9. The van der Waals surface area contributed by atoms with E-state index in [0.29, 0.717) is 11.3 Å². The summed E-state index contributed by atoms with van der Waals surface area (Å²) in [5.41, 5.74) is 7.93. The van der Waals surface area contributed by atoms with E-state index in [1.54, 1.807) is 6.07 Å². The molecule has 0 unspecified atom stereocenters. The minimum absolute atomic E-state index is 0.0422. The van der Waals surface area contributed by atoms with Gasteiger partial charge >= 0.3 is 0 Å². The van der Waals surface area contributed by atoms with Crippen molar-refractivity contribution in [2.24, 2.45) is 0 Å². The number of hydrogen-bond acceptors (Lipinski definition) is 3. The van der Waals surface area contributed by atoms with Gasteiger partial charge in [0.1, 0.15) is 0 Å². The van der Waals surface area contributed by atoms with Gasteiger partial charge in [0.05, 0.1) is 5.56 Å². The summed E-state index contributed by atoms with van der Waals surface area (Å²) in [6, 6.07) is 3.60. The molecule has 0 spiro atoms. The number of nitrogens with two attached hydrogens (primary N) is 1. The molecule has 1 aromatic carbocycles. The van der Waals surface area contributed by atoms with Crippen molar-refractivity contribution in [2.75, 3.05) is 11.5 Å². The molecule has 76 valence electrons. The minimum Gasteiger partial charge on any atom is -0.398 e. The molecule has 0 bridgehead atoms. The van der Waals surface area contributed by atoms with Crippen LogP contribution in [0.4, 0.5) is 5.69 Å². The number of thioether (sulfide) groups is 1. The van der Waals surface area contributed by atoms with Gasteiger partial charge in [-0.15, -0.1) is 0 Å². The van der Waals surface area contributed by atoms with Crippen LogP contribution < -0.4 is 5.73 Å². The summed E-state index contributed by atoms with van der Waals surface area (Å²) in [6.45, 7) is 3.89. The summed E-state index contributed by atoms with van der Waals surface area (Å²) in [4.78, 5) is 11.6. The Bertz CT molecular complexity index is 365. The van der Waals surface area contributed by atoms with Crippen molar-refractivity contribution in [3.8, 4) is 0 Å². The molecule has 2 N–H and O–H groups in total. The first kappa shape index (κ1) is 11.6. The molecular weight excluding hydrogens is 262 g/mol. The zero-order valence-electron chi connectivity index (χ0n) is 8.13. The first-order valence-corrected chi connectivity index (χ1v) is 6.06. The van der Waals surface area contributed by atoms with E-state index in [1.807, 2.05) is 19.9 Å². The molecule has 0 aliphatic rings. The van der Waals surface area contributed by atoms with Crippen LogP contribution in [-0.4, -0.2) is 10.9 Å². The van der Waals surface area contributed by atoms with Crippen molar-refractivity contribution in [1.29, 1.82) is 0 Å². The lowest BCUT2D eigenvalue weighted by molar-refractivity contribution is 0.109. The molecule has 0 saturated carbocycles. The van der Waals surface area contributed by atoms with Crippen LogP contribution in [0.25, 0.3) is 0 Å². The van der Waals surface area contributed by atoms with E-state index in [4.69, 9.17) is 5.73 Å². The fraction of sp³-hybridized carbons (Fsp3) is 0.300. The third kappa shape index (κ3) is 2.51. The predicted octanol–water partition coefficient (Wildman–Crippen LogP) is 3.23. The number of carbonyl (C=O) groups is 1. The Labute approximate surface area is 96.4 Å². The normalized spacial score (nSPS) is 10.2.